The third-order valence-corrected chi connectivity index (χ3v) is 4.69. The van der Waals surface area contributed by atoms with Crippen molar-refractivity contribution in [3.63, 3.8) is 0 Å². The minimum atomic E-state index is -0.856. The average molecular weight is 387 g/mol. The van der Waals surface area contributed by atoms with Gasteiger partial charge in [-0.3, -0.25) is 4.90 Å². The van der Waals surface area contributed by atoms with Crippen LogP contribution in [0.2, 0.25) is 0 Å². The molecule has 1 fully saturated rings. The van der Waals surface area contributed by atoms with E-state index in [0.29, 0.717) is 24.5 Å². The fourth-order valence-electron chi connectivity index (χ4n) is 3.27. The highest BCUT2D eigenvalue weighted by Crippen LogP contribution is 2.29. The highest BCUT2D eigenvalue weighted by Gasteiger charge is 2.27. The number of fused-ring (bicyclic) bond motifs is 1. The van der Waals surface area contributed by atoms with E-state index in [4.69, 9.17) is 14.1 Å². The van der Waals surface area contributed by atoms with Crippen LogP contribution in [0.1, 0.15) is 16.7 Å². The summed E-state index contributed by atoms with van der Waals surface area (Å²) in [6, 6.07) is 13.2. The Balaban J connectivity index is 0.00000210. The molecular formula is C19H20BClN2O4. The molecule has 0 atom stereocenters. The summed E-state index contributed by atoms with van der Waals surface area (Å²) in [5, 5.41) is 19.0. The lowest BCUT2D eigenvalue weighted by atomic mass is 9.80. The predicted molar refractivity (Wildman–Crippen MR) is 103 cm³/mol. The van der Waals surface area contributed by atoms with Crippen LogP contribution in [0, 0.1) is 11.3 Å². The molecule has 0 aliphatic carbocycles. The normalized spacial score (nSPS) is 16.4. The van der Waals surface area contributed by atoms with Crippen LogP contribution >= 0.6 is 12.4 Å². The molecule has 2 aromatic rings. The molecule has 140 valence electrons. The van der Waals surface area contributed by atoms with E-state index in [1.807, 2.05) is 30.3 Å². The summed E-state index contributed by atoms with van der Waals surface area (Å²) in [4.78, 5) is 2.29. The predicted octanol–water partition coefficient (Wildman–Crippen LogP) is 1.82. The Labute approximate surface area is 164 Å². The summed E-state index contributed by atoms with van der Waals surface area (Å²) in [7, 11) is -0.856. The van der Waals surface area contributed by atoms with Crippen molar-refractivity contribution in [2.75, 3.05) is 26.3 Å². The van der Waals surface area contributed by atoms with Crippen LogP contribution in [0.5, 0.6) is 11.5 Å². The molecule has 1 saturated heterocycles. The van der Waals surface area contributed by atoms with Gasteiger partial charge in [-0.2, -0.15) is 5.26 Å². The third kappa shape index (κ3) is 4.43. The molecular weight excluding hydrogens is 366 g/mol. The molecule has 2 aliphatic heterocycles. The highest BCUT2D eigenvalue weighted by molar-refractivity contribution is 6.61. The van der Waals surface area contributed by atoms with Crippen LogP contribution in [0.4, 0.5) is 0 Å². The van der Waals surface area contributed by atoms with Crippen LogP contribution < -0.4 is 10.2 Å². The first-order valence-electron chi connectivity index (χ1n) is 8.66. The zero-order valence-corrected chi connectivity index (χ0v) is 15.6. The van der Waals surface area contributed by atoms with Crippen LogP contribution in [0.15, 0.2) is 36.4 Å². The van der Waals surface area contributed by atoms with Gasteiger partial charge in [0, 0.05) is 25.2 Å². The number of rotatable bonds is 4. The third-order valence-electron chi connectivity index (χ3n) is 4.69. The van der Waals surface area contributed by atoms with E-state index < -0.39 is 7.12 Å². The first-order chi connectivity index (χ1) is 12.7. The first-order valence-corrected chi connectivity index (χ1v) is 8.66. The van der Waals surface area contributed by atoms with Gasteiger partial charge >= 0.3 is 7.12 Å². The smallest absolute Gasteiger partial charge is 0.457 e. The molecule has 6 nitrogen and oxygen atoms in total. The number of hydrogen-bond donors (Lipinski definition) is 1. The topological polar surface area (TPSA) is 75.0 Å². The van der Waals surface area contributed by atoms with Crippen LogP contribution in [-0.4, -0.2) is 43.3 Å². The number of benzene rings is 2. The van der Waals surface area contributed by atoms with Gasteiger partial charge in [-0.05, 0) is 41.4 Å². The molecule has 8 heteroatoms. The largest absolute Gasteiger partial charge is 0.491 e. The quantitative estimate of drug-likeness (QED) is 0.808. The number of morpholine rings is 1. The summed E-state index contributed by atoms with van der Waals surface area (Å²) in [5.41, 5.74) is 3.30. The van der Waals surface area contributed by atoms with Gasteiger partial charge in [0.15, 0.2) is 0 Å². The Morgan fingerprint density at radius 2 is 2.00 bits per heavy atom. The molecule has 0 saturated carbocycles. The van der Waals surface area contributed by atoms with Gasteiger partial charge in [0.25, 0.3) is 0 Å². The maximum Gasteiger partial charge on any atom is 0.491 e. The zero-order chi connectivity index (χ0) is 17.9. The molecule has 0 aromatic heterocycles. The molecule has 1 N–H and O–H groups in total. The second kappa shape index (κ2) is 8.74. The fourth-order valence-corrected chi connectivity index (χ4v) is 3.27. The molecule has 4 rings (SSSR count). The second-order valence-electron chi connectivity index (χ2n) is 6.45. The van der Waals surface area contributed by atoms with Crippen molar-refractivity contribution in [3.8, 4) is 17.6 Å². The lowest BCUT2D eigenvalue weighted by Gasteiger charge is -2.27. The first kappa shape index (κ1) is 19.7. The number of hydrogen-bond acceptors (Lipinski definition) is 6. The Kier molecular flexibility index (Phi) is 6.37. The lowest BCUT2D eigenvalue weighted by molar-refractivity contribution is 0.0339. The summed E-state index contributed by atoms with van der Waals surface area (Å²) in [5.74, 6) is 1.42. The molecule has 2 aromatic carbocycles. The van der Waals surface area contributed by atoms with E-state index in [0.717, 1.165) is 48.6 Å². The molecule has 0 amide bonds. The Morgan fingerprint density at radius 1 is 1.19 bits per heavy atom. The Hall–Kier alpha value is -2.08. The molecule has 0 unspecified atom stereocenters. The van der Waals surface area contributed by atoms with E-state index in [2.05, 4.69) is 11.0 Å². The van der Waals surface area contributed by atoms with Gasteiger partial charge in [-0.1, -0.05) is 6.07 Å². The maximum atomic E-state index is 9.74. The molecule has 0 radical (unpaired) electrons. The fraction of sp³-hybridized carbons (Fsp3) is 0.316. The van der Waals surface area contributed by atoms with Crippen LogP contribution in [0.3, 0.4) is 0 Å². The van der Waals surface area contributed by atoms with Gasteiger partial charge in [0.2, 0.25) is 0 Å². The number of halogens is 1. The van der Waals surface area contributed by atoms with E-state index in [1.165, 1.54) is 0 Å². The second-order valence-corrected chi connectivity index (χ2v) is 6.45. The van der Waals surface area contributed by atoms with E-state index in [9.17, 15) is 10.3 Å². The van der Waals surface area contributed by atoms with Crippen molar-refractivity contribution in [1.82, 2.24) is 4.90 Å². The summed E-state index contributed by atoms with van der Waals surface area (Å²) >= 11 is 0. The van der Waals surface area contributed by atoms with Crippen LogP contribution in [0.25, 0.3) is 0 Å². The lowest BCUT2D eigenvalue weighted by Crippen LogP contribution is -2.35. The van der Waals surface area contributed by atoms with Crippen molar-refractivity contribution >= 4 is 25.0 Å². The van der Waals surface area contributed by atoms with Gasteiger partial charge in [0.1, 0.15) is 11.5 Å². The average Bonchev–Trinajstić information content (AvgIpc) is 3.04. The van der Waals surface area contributed by atoms with E-state index in [-0.39, 0.29) is 12.4 Å². The number of ether oxygens (including phenoxy) is 2. The SMILES string of the molecule is Cl.N#Cc1ccc(Oc2ccc3c(c2)COB3O)c(CN2CCOCC2)c1. The standard InChI is InChI=1S/C19H19BN2O4.ClH/c21-11-14-1-4-19(15(9-14)12-22-5-7-24-8-6-22)26-17-2-3-18-16(10-17)13-25-20(18)23;/h1-4,9-10,23H,5-8,12-13H2;1H. The zero-order valence-electron chi connectivity index (χ0n) is 14.8. The van der Waals surface area contributed by atoms with Crippen molar-refractivity contribution < 1.29 is 19.2 Å². The van der Waals surface area contributed by atoms with Crippen LogP contribution in [-0.2, 0) is 22.5 Å². The molecule has 0 spiro atoms. The van der Waals surface area contributed by atoms with Crippen molar-refractivity contribution in [2.45, 2.75) is 13.2 Å². The number of nitrogens with zero attached hydrogens (tertiary/aromatic N) is 2. The van der Waals surface area contributed by atoms with E-state index in [1.54, 1.807) is 6.07 Å². The maximum absolute atomic E-state index is 9.74. The van der Waals surface area contributed by atoms with Gasteiger partial charge < -0.3 is 19.2 Å². The summed E-state index contributed by atoms with van der Waals surface area (Å²) in [6.45, 7) is 4.26. The summed E-state index contributed by atoms with van der Waals surface area (Å²) in [6.07, 6.45) is 0. The Morgan fingerprint density at radius 3 is 2.78 bits per heavy atom. The monoisotopic (exact) mass is 386 g/mol. The minimum Gasteiger partial charge on any atom is -0.457 e. The molecule has 0 bridgehead atoms. The minimum absolute atomic E-state index is 0. The van der Waals surface area contributed by atoms with Crippen molar-refractivity contribution in [3.05, 3.63) is 53.1 Å². The van der Waals surface area contributed by atoms with Gasteiger partial charge in [-0.15, -0.1) is 12.4 Å². The van der Waals surface area contributed by atoms with E-state index >= 15 is 0 Å². The Bertz CT molecular complexity index is 852. The number of nitriles is 1. The highest BCUT2D eigenvalue weighted by atomic mass is 35.5. The van der Waals surface area contributed by atoms with Crippen molar-refractivity contribution in [1.29, 1.82) is 5.26 Å². The molecule has 2 heterocycles. The molecule has 27 heavy (non-hydrogen) atoms. The van der Waals surface area contributed by atoms with Gasteiger partial charge in [0.05, 0.1) is 31.5 Å². The summed E-state index contributed by atoms with van der Waals surface area (Å²) < 4.78 is 16.7. The molecule has 2 aliphatic rings. The van der Waals surface area contributed by atoms with Crippen molar-refractivity contribution in [2.24, 2.45) is 0 Å². The van der Waals surface area contributed by atoms with Gasteiger partial charge in [-0.25, -0.2) is 0 Å².